The molecule has 1 aliphatic rings. The molecular formula is C14H20N2O2. The summed E-state index contributed by atoms with van der Waals surface area (Å²) >= 11 is 0. The Balaban J connectivity index is 1.71. The molecule has 1 fully saturated rings. The number of anilines is 1. The number of nitrogens with two attached hydrogens (primary N) is 1. The maximum absolute atomic E-state index is 11.6. The van der Waals surface area contributed by atoms with E-state index in [-0.39, 0.29) is 12.5 Å². The molecule has 1 amide bonds. The second-order valence-corrected chi connectivity index (χ2v) is 5.30. The molecule has 0 saturated heterocycles. The zero-order valence-corrected chi connectivity index (χ0v) is 10.7. The molecule has 98 valence electrons. The number of nitrogen functional groups attached to an aromatic ring is 1. The van der Waals surface area contributed by atoms with E-state index in [0.717, 1.165) is 6.54 Å². The molecule has 0 aliphatic heterocycles. The molecular weight excluding hydrogens is 228 g/mol. The summed E-state index contributed by atoms with van der Waals surface area (Å²) < 4.78 is 5.37. The van der Waals surface area contributed by atoms with E-state index in [1.165, 1.54) is 19.3 Å². The molecule has 1 aromatic carbocycles. The van der Waals surface area contributed by atoms with E-state index in [9.17, 15) is 4.79 Å². The minimum Gasteiger partial charge on any atom is -0.484 e. The quantitative estimate of drug-likeness (QED) is 0.783. The zero-order valence-electron chi connectivity index (χ0n) is 10.7. The molecule has 0 unspecified atom stereocenters. The molecule has 1 saturated carbocycles. The second kappa shape index (κ2) is 5.29. The van der Waals surface area contributed by atoms with Crippen molar-refractivity contribution < 1.29 is 9.53 Å². The molecule has 18 heavy (non-hydrogen) atoms. The van der Waals surface area contributed by atoms with Crippen LogP contribution >= 0.6 is 0 Å². The summed E-state index contributed by atoms with van der Waals surface area (Å²) in [6, 6.07) is 7.08. The molecule has 0 atom stereocenters. The summed E-state index contributed by atoms with van der Waals surface area (Å²) in [7, 11) is 0. The van der Waals surface area contributed by atoms with E-state index in [1.807, 2.05) is 0 Å². The Morgan fingerprint density at radius 1 is 1.50 bits per heavy atom. The minimum absolute atomic E-state index is 0.0412. The van der Waals surface area contributed by atoms with Crippen LogP contribution in [0.4, 0.5) is 5.69 Å². The van der Waals surface area contributed by atoms with Crippen molar-refractivity contribution in [2.75, 3.05) is 18.9 Å². The first-order valence-electron chi connectivity index (χ1n) is 6.32. The normalized spacial score (nSPS) is 16.7. The Kier molecular flexibility index (Phi) is 3.75. The largest absolute Gasteiger partial charge is 0.484 e. The van der Waals surface area contributed by atoms with Crippen LogP contribution in [0.2, 0.25) is 0 Å². The highest BCUT2D eigenvalue weighted by Crippen LogP contribution is 2.39. The minimum atomic E-state index is -0.0782. The van der Waals surface area contributed by atoms with Crippen LogP contribution in [0.15, 0.2) is 24.3 Å². The van der Waals surface area contributed by atoms with Gasteiger partial charge in [0.2, 0.25) is 0 Å². The van der Waals surface area contributed by atoms with Gasteiger partial charge in [-0.25, -0.2) is 0 Å². The summed E-state index contributed by atoms with van der Waals surface area (Å²) in [5, 5.41) is 2.91. The number of rotatable bonds is 5. The average molecular weight is 248 g/mol. The Labute approximate surface area is 108 Å². The summed E-state index contributed by atoms with van der Waals surface area (Å²) in [6.45, 7) is 2.99. The highest BCUT2D eigenvalue weighted by atomic mass is 16.5. The van der Waals surface area contributed by atoms with Crippen molar-refractivity contribution >= 4 is 11.6 Å². The van der Waals surface area contributed by atoms with Crippen LogP contribution in [0.3, 0.4) is 0 Å². The van der Waals surface area contributed by atoms with E-state index in [0.29, 0.717) is 16.9 Å². The van der Waals surface area contributed by atoms with Gasteiger partial charge in [0.1, 0.15) is 5.75 Å². The molecule has 0 spiro atoms. The van der Waals surface area contributed by atoms with Crippen LogP contribution in [0.5, 0.6) is 5.75 Å². The molecule has 0 bridgehead atoms. The fraction of sp³-hybridized carbons (Fsp3) is 0.500. The SMILES string of the molecule is CC1(CNC(=O)COc2cccc(N)c2)CCC1. The van der Waals surface area contributed by atoms with Crippen molar-refractivity contribution in [1.82, 2.24) is 5.32 Å². The van der Waals surface area contributed by atoms with Crippen molar-refractivity contribution in [3.63, 3.8) is 0 Å². The number of amides is 1. The van der Waals surface area contributed by atoms with Crippen molar-refractivity contribution in [3.05, 3.63) is 24.3 Å². The lowest BCUT2D eigenvalue weighted by molar-refractivity contribution is -0.123. The topological polar surface area (TPSA) is 64.3 Å². The van der Waals surface area contributed by atoms with E-state index >= 15 is 0 Å². The van der Waals surface area contributed by atoms with E-state index in [1.54, 1.807) is 24.3 Å². The Morgan fingerprint density at radius 3 is 2.89 bits per heavy atom. The third-order valence-electron chi connectivity index (χ3n) is 3.50. The number of ether oxygens (including phenoxy) is 1. The van der Waals surface area contributed by atoms with Crippen LogP contribution in [0, 0.1) is 5.41 Å². The molecule has 0 heterocycles. The number of nitrogens with one attached hydrogen (secondary N) is 1. The number of hydrogen-bond donors (Lipinski definition) is 2. The number of benzene rings is 1. The summed E-state index contributed by atoms with van der Waals surface area (Å²) in [4.78, 5) is 11.6. The first kappa shape index (κ1) is 12.7. The zero-order chi connectivity index (χ0) is 13.0. The first-order valence-corrected chi connectivity index (χ1v) is 6.32. The smallest absolute Gasteiger partial charge is 0.257 e. The number of carbonyl (C=O) groups is 1. The highest BCUT2D eigenvalue weighted by molar-refractivity contribution is 5.77. The molecule has 2 rings (SSSR count). The Bertz CT molecular complexity index is 428. The van der Waals surface area contributed by atoms with Gasteiger partial charge in [-0.2, -0.15) is 0 Å². The van der Waals surface area contributed by atoms with Crippen molar-refractivity contribution in [3.8, 4) is 5.75 Å². The van der Waals surface area contributed by atoms with Crippen LogP contribution in [-0.4, -0.2) is 19.1 Å². The standard InChI is InChI=1S/C14H20N2O2/c1-14(6-3-7-14)10-16-13(17)9-18-12-5-2-4-11(15)8-12/h2,4-5,8H,3,6-7,9-10,15H2,1H3,(H,16,17). The van der Waals surface area contributed by atoms with E-state index in [4.69, 9.17) is 10.5 Å². The molecule has 3 N–H and O–H groups in total. The number of carbonyl (C=O) groups excluding carboxylic acids is 1. The Morgan fingerprint density at radius 2 is 2.28 bits per heavy atom. The lowest BCUT2D eigenvalue weighted by atomic mass is 9.70. The molecule has 4 nitrogen and oxygen atoms in total. The lowest BCUT2D eigenvalue weighted by Gasteiger charge is -2.38. The third kappa shape index (κ3) is 3.39. The van der Waals surface area contributed by atoms with Gasteiger partial charge in [-0.3, -0.25) is 4.79 Å². The van der Waals surface area contributed by atoms with Gasteiger partial charge in [-0.05, 0) is 30.4 Å². The van der Waals surface area contributed by atoms with Crippen LogP contribution in [-0.2, 0) is 4.79 Å². The maximum Gasteiger partial charge on any atom is 0.257 e. The van der Waals surface area contributed by atoms with Gasteiger partial charge < -0.3 is 15.8 Å². The van der Waals surface area contributed by atoms with Crippen molar-refractivity contribution in [2.45, 2.75) is 26.2 Å². The summed E-state index contributed by atoms with van der Waals surface area (Å²) in [5.41, 5.74) is 6.56. The fourth-order valence-electron chi connectivity index (χ4n) is 2.07. The van der Waals surface area contributed by atoms with Gasteiger partial charge in [0.05, 0.1) is 0 Å². The molecule has 1 aromatic rings. The van der Waals surface area contributed by atoms with Gasteiger partial charge >= 0.3 is 0 Å². The van der Waals surface area contributed by atoms with E-state index < -0.39 is 0 Å². The molecule has 0 radical (unpaired) electrons. The summed E-state index contributed by atoms with van der Waals surface area (Å²) in [5.74, 6) is 0.547. The first-order chi connectivity index (χ1) is 8.57. The van der Waals surface area contributed by atoms with Crippen molar-refractivity contribution in [2.24, 2.45) is 5.41 Å². The van der Waals surface area contributed by atoms with Gasteiger partial charge in [-0.15, -0.1) is 0 Å². The third-order valence-corrected chi connectivity index (χ3v) is 3.50. The highest BCUT2D eigenvalue weighted by Gasteiger charge is 2.31. The van der Waals surface area contributed by atoms with Gasteiger partial charge in [-0.1, -0.05) is 19.4 Å². The van der Waals surface area contributed by atoms with Gasteiger partial charge in [0, 0.05) is 18.3 Å². The maximum atomic E-state index is 11.6. The fourth-order valence-corrected chi connectivity index (χ4v) is 2.07. The van der Waals surface area contributed by atoms with Gasteiger partial charge in [0.25, 0.3) is 5.91 Å². The average Bonchev–Trinajstić information content (AvgIpc) is 2.31. The predicted molar refractivity (Wildman–Crippen MR) is 71.3 cm³/mol. The van der Waals surface area contributed by atoms with E-state index in [2.05, 4.69) is 12.2 Å². The molecule has 1 aliphatic carbocycles. The monoisotopic (exact) mass is 248 g/mol. The summed E-state index contributed by atoms with van der Waals surface area (Å²) in [6.07, 6.45) is 3.67. The van der Waals surface area contributed by atoms with Crippen LogP contribution in [0.25, 0.3) is 0 Å². The lowest BCUT2D eigenvalue weighted by Crippen LogP contribution is -2.41. The molecule has 4 heteroatoms. The van der Waals surface area contributed by atoms with Crippen LogP contribution < -0.4 is 15.8 Å². The Hall–Kier alpha value is -1.71. The second-order valence-electron chi connectivity index (χ2n) is 5.30. The predicted octanol–water partition coefficient (Wildman–Crippen LogP) is 1.95. The van der Waals surface area contributed by atoms with Crippen LogP contribution in [0.1, 0.15) is 26.2 Å². The van der Waals surface area contributed by atoms with Gasteiger partial charge in [0.15, 0.2) is 6.61 Å². The number of hydrogen-bond acceptors (Lipinski definition) is 3. The molecule has 0 aromatic heterocycles. The van der Waals surface area contributed by atoms with Crippen molar-refractivity contribution in [1.29, 1.82) is 0 Å².